The van der Waals surface area contributed by atoms with E-state index in [2.05, 4.69) is 49.5 Å². The molecule has 6 heteroatoms. The molecule has 2 aromatic rings. The van der Waals surface area contributed by atoms with Gasteiger partial charge in [-0.2, -0.15) is 0 Å². The Morgan fingerprint density at radius 2 is 2.29 bits per heavy atom. The van der Waals surface area contributed by atoms with Gasteiger partial charge in [0.2, 0.25) is 0 Å². The van der Waals surface area contributed by atoms with Gasteiger partial charge in [0.05, 0.1) is 5.52 Å². The number of fused-ring (bicyclic) bond motifs is 1. The number of rotatable bonds is 4. The van der Waals surface area contributed by atoms with E-state index in [4.69, 9.17) is 12.2 Å². The number of aromatic amines is 1. The third-order valence-corrected chi connectivity index (χ3v) is 3.32. The molecule has 0 aliphatic carbocycles. The largest absolute Gasteiger partial charge is 0.329 e. The topological polar surface area (TPSA) is 36.9 Å². The second kappa shape index (κ2) is 5.29. The smallest absolute Gasteiger partial charge is 0.179 e. The van der Waals surface area contributed by atoms with Crippen LogP contribution in [0.1, 0.15) is 6.42 Å². The molecule has 0 unspecified atom stereocenters. The van der Waals surface area contributed by atoms with Gasteiger partial charge in [0.15, 0.2) is 10.4 Å². The van der Waals surface area contributed by atoms with E-state index in [1.165, 1.54) is 0 Å². The first kappa shape index (κ1) is 12.7. The molecule has 2 aromatic heterocycles. The van der Waals surface area contributed by atoms with Crippen LogP contribution in [0.15, 0.2) is 16.7 Å². The van der Waals surface area contributed by atoms with Gasteiger partial charge in [-0.1, -0.05) is 0 Å². The van der Waals surface area contributed by atoms with E-state index < -0.39 is 0 Å². The van der Waals surface area contributed by atoms with E-state index in [0.29, 0.717) is 0 Å². The maximum atomic E-state index is 5.31. The van der Waals surface area contributed by atoms with Crippen molar-refractivity contribution in [2.24, 2.45) is 0 Å². The molecule has 17 heavy (non-hydrogen) atoms. The van der Waals surface area contributed by atoms with E-state index in [9.17, 15) is 0 Å². The summed E-state index contributed by atoms with van der Waals surface area (Å²) >= 11 is 8.72. The van der Waals surface area contributed by atoms with Crippen LogP contribution in [0, 0.1) is 4.77 Å². The molecule has 2 rings (SSSR count). The molecule has 92 valence electrons. The monoisotopic (exact) mass is 314 g/mol. The lowest BCUT2D eigenvalue weighted by molar-refractivity contribution is 0.387. The van der Waals surface area contributed by atoms with Crippen LogP contribution in [-0.4, -0.2) is 40.1 Å². The normalized spacial score (nSPS) is 11.5. The van der Waals surface area contributed by atoms with Crippen LogP contribution in [0.3, 0.4) is 0 Å². The van der Waals surface area contributed by atoms with Gasteiger partial charge >= 0.3 is 0 Å². The quantitative estimate of drug-likeness (QED) is 0.882. The van der Waals surface area contributed by atoms with E-state index >= 15 is 0 Å². The van der Waals surface area contributed by atoms with E-state index in [-0.39, 0.29) is 0 Å². The Labute approximate surface area is 114 Å². The number of hydrogen-bond acceptors (Lipinski definition) is 3. The van der Waals surface area contributed by atoms with Crippen LogP contribution >= 0.6 is 28.1 Å². The summed E-state index contributed by atoms with van der Waals surface area (Å²) in [7, 11) is 4.15. The molecule has 0 aliphatic heterocycles. The van der Waals surface area contributed by atoms with Crippen molar-refractivity contribution in [3.8, 4) is 0 Å². The van der Waals surface area contributed by atoms with E-state index in [0.717, 1.165) is 39.9 Å². The van der Waals surface area contributed by atoms with Crippen LogP contribution in [0.2, 0.25) is 0 Å². The molecule has 0 saturated carbocycles. The zero-order valence-corrected chi connectivity index (χ0v) is 12.3. The second-order valence-corrected chi connectivity index (χ2v) is 5.57. The maximum Gasteiger partial charge on any atom is 0.179 e. The van der Waals surface area contributed by atoms with Gasteiger partial charge in [-0.25, -0.2) is 4.98 Å². The third kappa shape index (κ3) is 2.94. The lowest BCUT2D eigenvalue weighted by Gasteiger charge is -2.09. The average molecular weight is 315 g/mol. The molecule has 0 fully saturated rings. The van der Waals surface area contributed by atoms with Crippen molar-refractivity contribution >= 4 is 39.3 Å². The van der Waals surface area contributed by atoms with Crippen LogP contribution in [0.25, 0.3) is 11.2 Å². The fourth-order valence-electron chi connectivity index (χ4n) is 1.77. The minimum absolute atomic E-state index is 0.740. The second-order valence-electron chi connectivity index (χ2n) is 4.26. The summed E-state index contributed by atoms with van der Waals surface area (Å²) in [5, 5.41) is 0. The van der Waals surface area contributed by atoms with Gasteiger partial charge in [0, 0.05) is 17.2 Å². The van der Waals surface area contributed by atoms with Gasteiger partial charge in [-0.3, -0.25) is 0 Å². The Bertz CT molecular complexity index is 572. The molecule has 0 aromatic carbocycles. The number of nitrogens with one attached hydrogen (secondary N) is 1. The highest BCUT2D eigenvalue weighted by Crippen LogP contribution is 2.17. The van der Waals surface area contributed by atoms with E-state index in [1.54, 1.807) is 6.20 Å². The molecular weight excluding hydrogens is 300 g/mol. The van der Waals surface area contributed by atoms with E-state index in [1.807, 2.05) is 6.07 Å². The van der Waals surface area contributed by atoms with Gasteiger partial charge in [0.25, 0.3) is 0 Å². The average Bonchev–Trinajstić information content (AvgIpc) is 2.54. The van der Waals surface area contributed by atoms with Crippen molar-refractivity contribution in [1.82, 2.24) is 19.4 Å². The fraction of sp³-hybridized carbons (Fsp3) is 0.455. The number of aromatic nitrogens is 3. The number of nitrogens with zero attached hydrogens (tertiary/aromatic N) is 3. The first-order valence-electron chi connectivity index (χ1n) is 5.47. The predicted octanol–water partition coefficient (Wildman–Crippen LogP) is 2.81. The highest BCUT2D eigenvalue weighted by Gasteiger charge is 2.05. The molecule has 0 aliphatic rings. The first-order chi connectivity index (χ1) is 8.08. The Morgan fingerprint density at radius 3 is 3.00 bits per heavy atom. The van der Waals surface area contributed by atoms with Gasteiger partial charge in [0.1, 0.15) is 0 Å². The van der Waals surface area contributed by atoms with Crippen molar-refractivity contribution in [2.75, 3.05) is 20.6 Å². The fourth-order valence-corrected chi connectivity index (χ4v) is 2.39. The summed E-state index contributed by atoms with van der Waals surface area (Å²) in [6, 6.07) is 2.00. The summed E-state index contributed by atoms with van der Waals surface area (Å²) in [6.07, 6.45) is 2.86. The highest BCUT2D eigenvalue weighted by atomic mass is 79.9. The highest BCUT2D eigenvalue weighted by molar-refractivity contribution is 9.10. The molecular formula is C11H15BrN4S. The Morgan fingerprint density at radius 1 is 1.53 bits per heavy atom. The summed E-state index contributed by atoms with van der Waals surface area (Å²) in [5.74, 6) is 0. The lowest BCUT2D eigenvalue weighted by Crippen LogP contribution is -2.15. The molecule has 0 bridgehead atoms. The molecule has 0 saturated heterocycles. The van der Waals surface area contributed by atoms with Crippen molar-refractivity contribution in [2.45, 2.75) is 13.0 Å². The Balaban J connectivity index is 2.27. The number of pyridine rings is 1. The van der Waals surface area contributed by atoms with Crippen molar-refractivity contribution in [1.29, 1.82) is 0 Å². The zero-order chi connectivity index (χ0) is 12.4. The summed E-state index contributed by atoms with van der Waals surface area (Å²) in [5.41, 5.74) is 1.91. The van der Waals surface area contributed by atoms with Gasteiger partial charge in [-0.15, -0.1) is 0 Å². The van der Waals surface area contributed by atoms with Crippen molar-refractivity contribution in [3.63, 3.8) is 0 Å². The van der Waals surface area contributed by atoms with Crippen LogP contribution in [0.5, 0.6) is 0 Å². The number of aryl methyl sites for hydroxylation is 1. The molecule has 1 N–H and O–H groups in total. The SMILES string of the molecule is CN(C)CCCn1c(=S)[nH]c2cc(Br)cnc21. The standard InChI is InChI=1S/C11H15BrN4S/c1-15(2)4-3-5-16-10-9(14-11(16)17)6-8(12)7-13-10/h6-7H,3-5H2,1-2H3,(H,14,17). The Kier molecular flexibility index (Phi) is 3.96. The van der Waals surface area contributed by atoms with Gasteiger partial charge in [-0.05, 0) is 61.3 Å². The third-order valence-electron chi connectivity index (χ3n) is 2.56. The summed E-state index contributed by atoms with van der Waals surface area (Å²) < 4.78 is 3.76. The Hall–Kier alpha value is -0.720. The van der Waals surface area contributed by atoms with Gasteiger partial charge < -0.3 is 14.5 Å². The minimum Gasteiger partial charge on any atom is -0.329 e. The number of H-pyrrole nitrogens is 1. The lowest BCUT2D eigenvalue weighted by atomic mass is 10.4. The summed E-state index contributed by atoms with van der Waals surface area (Å²) in [4.78, 5) is 9.75. The number of halogens is 1. The van der Waals surface area contributed by atoms with Crippen LogP contribution in [0.4, 0.5) is 0 Å². The summed E-state index contributed by atoms with van der Waals surface area (Å²) in [6.45, 7) is 1.94. The molecule has 0 atom stereocenters. The predicted molar refractivity (Wildman–Crippen MR) is 75.8 cm³/mol. The molecule has 2 heterocycles. The molecule has 0 radical (unpaired) electrons. The maximum absolute atomic E-state index is 5.31. The number of hydrogen-bond donors (Lipinski definition) is 1. The molecule has 0 amide bonds. The number of imidazole rings is 1. The van der Waals surface area contributed by atoms with Crippen molar-refractivity contribution in [3.05, 3.63) is 21.5 Å². The molecule has 0 spiro atoms. The van der Waals surface area contributed by atoms with Crippen LogP contribution < -0.4 is 0 Å². The molecule has 4 nitrogen and oxygen atoms in total. The van der Waals surface area contributed by atoms with Crippen molar-refractivity contribution < 1.29 is 0 Å². The minimum atomic E-state index is 0.740. The first-order valence-corrected chi connectivity index (χ1v) is 6.67. The van der Waals surface area contributed by atoms with Crippen LogP contribution in [-0.2, 0) is 6.54 Å². The zero-order valence-electron chi connectivity index (χ0n) is 9.90.